The monoisotopic (exact) mass is 929 g/mol. The molecule has 7 aromatic rings. The summed E-state index contributed by atoms with van der Waals surface area (Å²) < 4.78 is 26.6. The van der Waals surface area contributed by atoms with Crippen molar-refractivity contribution in [1.82, 2.24) is 29.8 Å². The number of aromatic amines is 1. The summed E-state index contributed by atoms with van der Waals surface area (Å²) in [6.07, 6.45) is 6.32. The molecule has 2 amide bonds. The zero-order valence-corrected chi connectivity index (χ0v) is 40.2. The second kappa shape index (κ2) is 17.6. The Morgan fingerprint density at radius 1 is 0.652 bits per heavy atom. The first-order valence-corrected chi connectivity index (χ1v) is 24.0. The van der Waals surface area contributed by atoms with Crippen molar-refractivity contribution in [2.24, 2.45) is 0 Å². The third-order valence-corrected chi connectivity index (χ3v) is 13.9. The van der Waals surface area contributed by atoms with Crippen molar-refractivity contribution in [1.29, 1.82) is 5.26 Å². The molecule has 15 heteroatoms. The number of fused-ring (bicyclic) bond motifs is 4. The van der Waals surface area contributed by atoms with Gasteiger partial charge >= 0.3 is 0 Å². The number of rotatable bonds is 13. The van der Waals surface area contributed by atoms with Crippen LogP contribution in [0.2, 0.25) is 0 Å². The Morgan fingerprint density at radius 2 is 1.13 bits per heavy atom. The normalized spacial score (nSPS) is 15.9. The second-order valence-electron chi connectivity index (χ2n) is 20.8. The summed E-state index contributed by atoms with van der Waals surface area (Å²) in [5.74, 6) is 3.65. The number of aromatic nitrogens is 6. The van der Waals surface area contributed by atoms with E-state index in [9.17, 15) is 9.59 Å². The maximum Gasteiger partial charge on any atom is 0.235 e. The number of ether oxygens (including phenoxy) is 4. The lowest BCUT2D eigenvalue weighted by Crippen LogP contribution is -2.27. The highest BCUT2D eigenvalue weighted by atomic mass is 16.7. The largest absolute Gasteiger partial charge is 0.454 e. The Balaban J connectivity index is 0.000000161. The van der Waals surface area contributed by atoms with Gasteiger partial charge in [0.05, 0.1) is 16.9 Å². The van der Waals surface area contributed by atoms with Crippen LogP contribution in [0.25, 0.3) is 21.8 Å². The molecule has 356 valence electrons. The third-order valence-electron chi connectivity index (χ3n) is 13.9. The number of nitrogens with one attached hydrogen (secondary N) is 3. The van der Waals surface area contributed by atoms with E-state index in [0.29, 0.717) is 17.9 Å². The SMILES string of the molecule is CC(C)(C)c1cc2cc(NC(=O)C3(c4ccc5c(c4)OCO5)CC3)ccc2n1CCCC#N.CC(C)(C)c1cc2cc(NC(=O)C3(c4ccc5c(c4)OCO5)CC3)ccc2n1CCCc1nn[nH]n1. The summed E-state index contributed by atoms with van der Waals surface area (Å²) in [5.41, 5.74) is 7.29. The number of anilines is 2. The summed E-state index contributed by atoms with van der Waals surface area (Å²) in [4.78, 5) is 26.7. The van der Waals surface area contributed by atoms with E-state index >= 15 is 0 Å². The number of carbonyl (C=O) groups is 2. The Bertz CT molecular complexity index is 3120. The number of hydrogen-bond acceptors (Lipinski definition) is 10. The first-order valence-electron chi connectivity index (χ1n) is 24.0. The third kappa shape index (κ3) is 8.96. The molecule has 4 aliphatic rings. The van der Waals surface area contributed by atoms with Gasteiger partial charge in [-0.1, -0.05) is 58.9 Å². The molecule has 2 aliphatic heterocycles. The van der Waals surface area contributed by atoms with Crippen LogP contribution >= 0.6 is 0 Å². The van der Waals surface area contributed by atoms with Gasteiger partial charge in [-0.05, 0) is 122 Å². The number of nitrogens with zero attached hydrogens (tertiary/aromatic N) is 6. The zero-order valence-electron chi connectivity index (χ0n) is 40.2. The van der Waals surface area contributed by atoms with Crippen LogP contribution in [0.15, 0.2) is 84.9 Å². The minimum Gasteiger partial charge on any atom is -0.454 e. The van der Waals surface area contributed by atoms with Crippen molar-refractivity contribution in [3.8, 4) is 29.1 Å². The molecule has 3 aromatic heterocycles. The molecule has 0 saturated heterocycles. The van der Waals surface area contributed by atoms with E-state index in [0.717, 1.165) is 120 Å². The minimum absolute atomic E-state index is 0.0187. The van der Waals surface area contributed by atoms with E-state index in [-0.39, 0.29) is 36.2 Å². The number of nitriles is 1. The molecule has 0 unspecified atom stereocenters. The predicted molar refractivity (Wildman–Crippen MR) is 263 cm³/mol. The average molecular weight is 930 g/mol. The topological polar surface area (TPSA) is 183 Å². The van der Waals surface area contributed by atoms with Gasteiger partial charge in [0.1, 0.15) is 0 Å². The van der Waals surface area contributed by atoms with Crippen LogP contribution < -0.4 is 29.6 Å². The molecule has 11 rings (SSSR count). The average Bonchev–Trinajstić information content (AvgIpc) is 3.86. The molecular weight excluding hydrogens is 871 g/mol. The first-order chi connectivity index (χ1) is 33.1. The molecule has 2 saturated carbocycles. The molecule has 2 aliphatic carbocycles. The maximum absolute atomic E-state index is 13.4. The van der Waals surface area contributed by atoms with E-state index in [1.165, 1.54) is 11.4 Å². The van der Waals surface area contributed by atoms with Crippen LogP contribution in [-0.4, -0.2) is 55.2 Å². The van der Waals surface area contributed by atoms with Gasteiger partial charge in [-0.15, -0.1) is 10.2 Å². The quantitative estimate of drug-likeness (QED) is 0.0941. The summed E-state index contributed by atoms with van der Waals surface area (Å²) in [6, 6.07) is 30.6. The molecule has 0 atom stereocenters. The maximum atomic E-state index is 13.4. The number of amides is 2. The lowest BCUT2D eigenvalue weighted by Gasteiger charge is -2.22. The highest BCUT2D eigenvalue weighted by molar-refractivity contribution is 6.03. The number of H-pyrrole nitrogens is 1. The van der Waals surface area contributed by atoms with Gasteiger partial charge in [-0.2, -0.15) is 10.5 Å². The molecule has 15 nitrogen and oxygen atoms in total. The molecular formula is C54H59N9O6. The van der Waals surface area contributed by atoms with Crippen LogP contribution in [0.3, 0.4) is 0 Å². The minimum atomic E-state index is -0.506. The Morgan fingerprint density at radius 3 is 1.57 bits per heavy atom. The van der Waals surface area contributed by atoms with E-state index in [4.69, 9.17) is 24.2 Å². The number of hydrogen-bond donors (Lipinski definition) is 3. The fraction of sp³-hybridized carbons (Fsp3) is 0.407. The van der Waals surface area contributed by atoms with Crippen molar-refractivity contribution >= 4 is 45.0 Å². The number of benzene rings is 4. The van der Waals surface area contributed by atoms with Crippen molar-refractivity contribution in [3.63, 3.8) is 0 Å². The number of tetrazole rings is 1. The highest BCUT2D eigenvalue weighted by Gasteiger charge is 2.52. The number of aryl methyl sites for hydroxylation is 3. The molecule has 0 bridgehead atoms. The number of carbonyl (C=O) groups excluding carboxylic acids is 2. The van der Waals surface area contributed by atoms with Crippen LogP contribution in [0.5, 0.6) is 23.0 Å². The van der Waals surface area contributed by atoms with Gasteiger partial charge in [0.25, 0.3) is 0 Å². The Kier molecular flexibility index (Phi) is 11.6. The van der Waals surface area contributed by atoms with Crippen molar-refractivity contribution in [2.45, 2.75) is 128 Å². The zero-order chi connectivity index (χ0) is 48.1. The Labute approximate surface area is 401 Å². The van der Waals surface area contributed by atoms with Gasteiger partial charge in [0, 0.05) is 81.3 Å². The van der Waals surface area contributed by atoms with Gasteiger partial charge in [0.15, 0.2) is 28.8 Å². The molecule has 0 radical (unpaired) electrons. The Hall–Kier alpha value is -7.34. The van der Waals surface area contributed by atoms with Gasteiger partial charge in [-0.3, -0.25) is 9.59 Å². The van der Waals surface area contributed by atoms with Gasteiger partial charge < -0.3 is 38.7 Å². The fourth-order valence-electron chi connectivity index (χ4n) is 9.86. The lowest BCUT2D eigenvalue weighted by molar-refractivity contribution is -0.119. The molecule has 2 fully saturated rings. The van der Waals surface area contributed by atoms with Crippen LogP contribution in [-0.2, 0) is 50.8 Å². The van der Waals surface area contributed by atoms with E-state index in [1.54, 1.807) is 0 Å². The van der Waals surface area contributed by atoms with Crippen LogP contribution in [0.4, 0.5) is 11.4 Å². The van der Waals surface area contributed by atoms with Crippen molar-refractivity contribution in [3.05, 3.63) is 113 Å². The number of unbranched alkanes of at least 4 members (excludes halogenated alkanes) is 1. The summed E-state index contributed by atoms with van der Waals surface area (Å²) in [5, 5.41) is 31.8. The highest BCUT2D eigenvalue weighted by Crippen LogP contribution is 2.52. The van der Waals surface area contributed by atoms with Crippen molar-refractivity contribution < 1.29 is 28.5 Å². The summed E-state index contributed by atoms with van der Waals surface area (Å²) >= 11 is 0. The first kappa shape index (κ1) is 45.4. The summed E-state index contributed by atoms with van der Waals surface area (Å²) in [6.45, 7) is 15.4. The predicted octanol–water partition coefficient (Wildman–Crippen LogP) is 10.1. The standard InChI is InChI=1S/C27H30N6O3.C27H29N3O3/c1-26(2,3)23-14-17-13-19(7-8-20(17)33(23)12-4-5-24-29-31-32-30-24)28-25(34)27(10-11-27)18-6-9-21-22(15-18)36-16-35-21;1-26(2,3)24-15-18-14-20(7-8-21(18)30(24)13-5-4-12-28)29-25(31)27(10-11-27)19-6-9-22-23(16-19)33-17-32-22/h6-9,13-15H,4-5,10-12,16H2,1-3H3,(H,28,34)(H,29,30,31,32);6-9,14-16H,4-5,10-11,13,17H2,1-3H3,(H,29,31). The van der Waals surface area contributed by atoms with Crippen molar-refractivity contribution in [2.75, 3.05) is 24.2 Å². The summed E-state index contributed by atoms with van der Waals surface area (Å²) in [7, 11) is 0. The van der Waals surface area contributed by atoms with E-state index < -0.39 is 10.8 Å². The van der Waals surface area contributed by atoms with Crippen LogP contribution in [0.1, 0.15) is 115 Å². The van der Waals surface area contributed by atoms with Gasteiger partial charge in [-0.25, -0.2) is 0 Å². The molecule has 3 N–H and O–H groups in total. The van der Waals surface area contributed by atoms with E-state index in [1.807, 2.05) is 48.5 Å². The molecule has 4 aromatic carbocycles. The smallest absolute Gasteiger partial charge is 0.235 e. The fourth-order valence-corrected chi connectivity index (χ4v) is 9.86. The molecule has 5 heterocycles. The van der Waals surface area contributed by atoms with Gasteiger partial charge in [0.2, 0.25) is 25.4 Å². The lowest BCUT2D eigenvalue weighted by atomic mass is 9.92. The molecule has 0 spiro atoms. The molecule has 69 heavy (non-hydrogen) atoms. The van der Waals surface area contributed by atoms with Crippen LogP contribution in [0, 0.1) is 11.3 Å². The van der Waals surface area contributed by atoms with E-state index in [2.05, 4.69) is 124 Å². The second-order valence-corrected chi connectivity index (χ2v) is 20.8.